The molecule has 0 aliphatic carbocycles. The first kappa shape index (κ1) is 19.2. The van der Waals surface area contributed by atoms with Gasteiger partial charge in [-0.2, -0.15) is 0 Å². The first-order valence-corrected chi connectivity index (χ1v) is 10.3. The highest BCUT2D eigenvalue weighted by atomic mass is 35.5. The van der Waals surface area contributed by atoms with Crippen LogP contribution in [0.15, 0.2) is 40.9 Å². The molecule has 0 spiro atoms. The molecule has 2 aromatic heterocycles. The number of thiophene rings is 1. The van der Waals surface area contributed by atoms with Gasteiger partial charge in [0.25, 0.3) is 0 Å². The zero-order valence-electron chi connectivity index (χ0n) is 14.1. The van der Waals surface area contributed by atoms with Crippen LogP contribution in [0, 0.1) is 0 Å². The Kier molecular flexibility index (Phi) is 6.24. The maximum Gasteiger partial charge on any atom is 0.237 e. The van der Waals surface area contributed by atoms with Crippen molar-refractivity contribution in [3.05, 3.63) is 56.5 Å². The lowest BCUT2D eigenvalue weighted by atomic mass is 10.3. The van der Waals surface area contributed by atoms with Crippen molar-refractivity contribution in [2.45, 2.75) is 23.8 Å². The third-order valence-electron chi connectivity index (χ3n) is 3.70. The first-order chi connectivity index (χ1) is 12.5. The Morgan fingerprint density at radius 2 is 2.12 bits per heavy atom. The van der Waals surface area contributed by atoms with Gasteiger partial charge in [0.05, 0.1) is 21.0 Å². The number of amides is 1. The van der Waals surface area contributed by atoms with E-state index < -0.39 is 0 Å². The number of aromatic nitrogens is 3. The average Bonchev–Trinajstić information content (AvgIpc) is 3.24. The summed E-state index contributed by atoms with van der Waals surface area (Å²) in [4.78, 5) is 13.7. The van der Waals surface area contributed by atoms with Gasteiger partial charge in [0, 0.05) is 18.3 Å². The number of nitrogens with zero attached hydrogens (tertiary/aromatic N) is 3. The van der Waals surface area contributed by atoms with Crippen LogP contribution in [0.4, 0.5) is 5.69 Å². The highest BCUT2D eigenvalue weighted by Crippen LogP contribution is 2.30. The Morgan fingerprint density at radius 3 is 2.85 bits per heavy atom. The summed E-state index contributed by atoms with van der Waals surface area (Å²) >= 11 is 15.1. The predicted octanol–water partition coefficient (Wildman–Crippen LogP) is 4.89. The van der Waals surface area contributed by atoms with Gasteiger partial charge in [0.1, 0.15) is 5.82 Å². The van der Waals surface area contributed by atoms with Gasteiger partial charge in [-0.3, -0.25) is 4.79 Å². The van der Waals surface area contributed by atoms with Crippen LogP contribution in [0.3, 0.4) is 0 Å². The first-order valence-electron chi connectivity index (χ1n) is 7.78. The third-order valence-corrected chi connectivity index (χ3v) is 6.53. The normalized spacial score (nSPS) is 12.2. The number of rotatable bonds is 6. The molecule has 136 valence electrons. The van der Waals surface area contributed by atoms with Crippen molar-refractivity contribution in [1.82, 2.24) is 14.8 Å². The summed E-state index contributed by atoms with van der Waals surface area (Å²) in [6, 6.07) is 9.20. The summed E-state index contributed by atoms with van der Waals surface area (Å²) in [7, 11) is 1.91. The van der Waals surface area contributed by atoms with Gasteiger partial charge < -0.3 is 9.88 Å². The quantitative estimate of drug-likeness (QED) is 0.569. The molecule has 0 fully saturated rings. The molecule has 1 atom stereocenters. The fourth-order valence-electron chi connectivity index (χ4n) is 2.22. The fourth-order valence-corrected chi connectivity index (χ4v) is 4.10. The molecular weight excluding hydrogens is 411 g/mol. The highest BCUT2D eigenvalue weighted by Gasteiger charge is 2.20. The Labute approximate surface area is 169 Å². The van der Waals surface area contributed by atoms with Crippen LogP contribution in [0.25, 0.3) is 0 Å². The summed E-state index contributed by atoms with van der Waals surface area (Å²) in [5.74, 6) is 0.683. The van der Waals surface area contributed by atoms with Crippen LogP contribution in [0.1, 0.15) is 17.6 Å². The van der Waals surface area contributed by atoms with E-state index in [-0.39, 0.29) is 11.2 Å². The molecule has 0 saturated carbocycles. The molecule has 3 aromatic rings. The molecule has 0 saturated heterocycles. The SMILES string of the molecule is CC(Sc1nnc(Cc2cccs2)n1C)C(=O)Nc1cccc(Cl)c1Cl. The zero-order chi connectivity index (χ0) is 18.7. The molecule has 0 aliphatic rings. The number of carbonyl (C=O) groups excluding carboxylic acids is 1. The van der Waals surface area contributed by atoms with Crippen molar-refractivity contribution >= 4 is 57.9 Å². The van der Waals surface area contributed by atoms with Crippen LogP contribution < -0.4 is 5.32 Å². The standard InChI is InChI=1S/C17H16Cl2N4OS2/c1-10(16(24)20-13-7-3-6-12(18)15(13)19)26-17-22-21-14(23(17)2)9-11-5-4-8-25-11/h3-8,10H,9H2,1-2H3,(H,20,24). The third kappa shape index (κ3) is 4.40. The second kappa shape index (κ2) is 8.43. The number of halogens is 2. The van der Waals surface area contributed by atoms with Crippen molar-refractivity contribution < 1.29 is 4.79 Å². The summed E-state index contributed by atoms with van der Waals surface area (Å²) in [5, 5.41) is 14.3. The topological polar surface area (TPSA) is 59.8 Å². The van der Waals surface area contributed by atoms with E-state index in [1.165, 1.54) is 16.6 Å². The molecule has 0 radical (unpaired) electrons. The Balaban J connectivity index is 1.66. The van der Waals surface area contributed by atoms with E-state index in [4.69, 9.17) is 23.2 Å². The summed E-state index contributed by atoms with van der Waals surface area (Å²) in [5.41, 5.74) is 0.493. The van der Waals surface area contributed by atoms with Crippen molar-refractivity contribution in [3.8, 4) is 0 Å². The van der Waals surface area contributed by atoms with Gasteiger partial charge in [0.2, 0.25) is 5.91 Å². The molecule has 2 heterocycles. The number of carbonyl (C=O) groups is 1. The number of benzene rings is 1. The molecule has 1 unspecified atom stereocenters. The van der Waals surface area contributed by atoms with Crippen molar-refractivity contribution in [2.75, 3.05) is 5.32 Å². The van der Waals surface area contributed by atoms with Gasteiger partial charge in [-0.1, -0.05) is 47.1 Å². The van der Waals surface area contributed by atoms with Gasteiger partial charge in [-0.15, -0.1) is 21.5 Å². The molecule has 26 heavy (non-hydrogen) atoms. The number of thioether (sulfide) groups is 1. The highest BCUT2D eigenvalue weighted by molar-refractivity contribution is 8.00. The molecule has 0 aliphatic heterocycles. The van der Waals surface area contributed by atoms with Crippen LogP contribution >= 0.6 is 46.3 Å². The Morgan fingerprint density at radius 1 is 1.31 bits per heavy atom. The average molecular weight is 427 g/mol. The minimum atomic E-state index is -0.373. The second-order valence-corrected chi connectivity index (χ2v) is 8.69. The minimum Gasteiger partial charge on any atom is -0.324 e. The largest absolute Gasteiger partial charge is 0.324 e. The van der Waals surface area contributed by atoms with E-state index in [0.717, 1.165) is 12.2 Å². The van der Waals surface area contributed by atoms with Crippen LogP contribution in [0.2, 0.25) is 10.0 Å². The number of anilines is 1. The van der Waals surface area contributed by atoms with Gasteiger partial charge >= 0.3 is 0 Å². The summed E-state index contributed by atoms with van der Waals surface area (Å²) < 4.78 is 1.92. The minimum absolute atomic E-state index is 0.179. The molecule has 3 rings (SSSR count). The summed E-state index contributed by atoms with van der Waals surface area (Å²) in [6.45, 7) is 1.81. The molecule has 1 aromatic carbocycles. The lowest BCUT2D eigenvalue weighted by molar-refractivity contribution is -0.115. The van der Waals surface area contributed by atoms with Crippen LogP contribution in [-0.2, 0) is 18.3 Å². The number of hydrogen-bond acceptors (Lipinski definition) is 5. The van der Waals surface area contributed by atoms with E-state index >= 15 is 0 Å². The fraction of sp³-hybridized carbons (Fsp3) is 0.235. The maximum atomic E-state index is 12.5. The number of hydrogen-bond donors (Lipinski definition) is 1. The maximum absolute atomic E-state index is 12.5. The van der Waals surface area contributed by atoms with E-state index in [9.17, 15) is 4.79 Å². The molecule has 5 nitrogen and oxygen atoms in total. The lowest BCUT2D eigenvalue weighted by Gasteiger charge is -2.13. The van der Waals surface area contributed by atoms with Gasteiger partial charge in [-0.05, 0) is 30.5 Å². The van der Waals surface area contributed by atoms with Crippen LogP contribution in [0.5, 0.6) is 0 Å². The predicted molar refractivity (Wildman–Crippen MR) is 109 cm³/mol. The molecule has 0 bridgehead atoms. The van der Waals surface area contributed by atoms with Crippen LogP contribution in [-0.4, -0.2) is 25.9 Å². The van der Waals surface area contributed by atoms with Crippen molar-refractivity contribution in [2.24, 2.45) is 7.05 Å². The van der Waals surface area contributed by atoms with Gasteiger partial charge in [-0.25, -0.2) is 0 Å². The molecule has 9 heteroatoms. The van der Waals surface area contributed by atoms with E-state index in [0.29, 0.717) is 20.9 Å². The Bertz CT molecular complexity index is 912. The number of nitrogens with one attached hydrogen (secondary N) is 1. The molecular formula is C17H16Cl2N4OS2. The van der Waals surface area contributed by atoms with Crippen molar-refractivity contribution in [3.63, 3.8) is 0 Å². The van der Waals surface area contributed by atoms with Crippen molar-refractivity contribution in [1.29, 1.82) is 0 Å². The Hall–Kier alpha value is -1.54. The van der Waals surface area contributed by atoms with E-state index in [2.05, 4.69) is 21.6 Å². The molecule has 1 N–H and O–H groups in total. The second-order valence-electron chi connectivity index (χ2n) is 5.56. The van der Waals surface area contributed by atoms with E-state index in [1.54, 1.807) is 29.5 Å². The van der Waals surface area contributed by atoms with E-state index in [1.807, 2.05) is 30.0 Å². The monoisotopic (exact) mass is 426 g/mol. The molecule has 1 amide bonds. The van der Waals surface area contributed by atoms with Gasteiger partial charge in [0.15, 0.2) is 5.16 Å². The summed E-state index contributed by atoms with van der Waals surface area (Å²) in [6.07, 6.45) is 0.723. The zero-order valence-corrected chi connectivity index (χ0v) is 17.2. The smallest absolute Gasteiger partial charge is 0.237 e. The lowest BCUT2D eigenvalue weighted by Crippen LogP contribution is -2.23.